The van der Waals surface area contributed by atoms with E-state index in [2.05, 4.69) is 0 Å². The topological polar surface area (TPSA) is 57.5 Å². The first kappa shape index (κ1) is 15.3. The highest BCUT2D eigenvalue weighted by molar-refractivity contribution is 6.34. The van der Waals surface area contributed by atoms with Gasteiger partial charge in [0.25, 0.3) is 0 Å². The number of carbonyl (C=O) groups is 1. The Balaban J connectivity index is 2.93. The van der Waals surface area contributed by atoms with Crippen LogP contribution < -0.4 is 0 Å². The smallest absolute Gasteiger partial charge is 0.309 e. The summed E-state index contributed by atoms with van der Waals surface area (Å²) >= 11 is 11.7. The molecule has 0 aliphatic rings. The Hall–Kier alpha value is -0.770. The minimum absolute atomic E-state index is 0.385. The van der Waals surface area contributed by atoms with Gasteiger partial charge in [-0.15, -0.1) is 0 Å². The molecule has 0 saturated carbocycles. The third-order valence-electron chi connectivity index (χ3n) is 2.79. The number of hydrogen-bond donors (Lipinski definition) is 2. The van der Waals surface area contributed by atoms with Gasteiger partial charge < -0.3 is 10.2 Å². The second kappa shape index (κ2) is 6.98. The van der Waals surface area contributed by atoms with E-state index in [0.717, 1.165) is 12.8 Å². The van der Waals surface area contributed by atoms with Gasteiger partial charge in [-0.2, -0.15) is 0 Å². The standard InChI is InChI=1S/C13H16Cl2O3/c1-2-3-4-11(13(17)18)12(16)8-5-9(14)7-10(15)6-8/h5-7,11-12,16H,2-4H2,1H3,(H,17,18). The van der Waals surface area contributed by atoms with Gasteiger partial charge in [-0.1, -0.05) is 43.0 Å². The maximum atomic E-state index is 11.2. The lowest BCUT2D eigenvalue weighted by atomic mass is 9.91. The third kappa shape index (κ3) is 4.16. The highest BCUT2D eigenvalue weighted by atomic mass is 35.5. The second-order valence-electron chi connectivity index (χ2n) is 4.23. The molecule has 0 spiro atoms. The molecule has 5 heteroatoms. The van der Waals surface area contributed by atoms with E-state index in [1.807, 2.05) is 6.92 Å². The summed E-state index contributed by atoms with van der Waals surface area (Å²) in [5.41, 5.74) is 0.441. The van der Waals surface area contributed by atoms with Crippen LogP contribution in [0.25, 0.3) is 0 Å². The Bertz CT molecular complexity index is 400. The minimum Gasteiger partial charge on any atom is -0.481 e. The van der Waals surface area contributed by atoms with Crippen LogP contribution >= 0.6 is 23.2 Å². The molecule has 0 amide bonds. The Morgan fingerprint density at radius 3 is 2.28 bits per heavy atom. The lowest BCUT2D eigenvalue weighted by molar-refractivity contribution is -0.146. The highest BCUT2D eigenvalue weighted by Gasteiger charge is 2.27. The van der Waals surface area contributed by atoms with Crippen LogP contribution in [0.4, 0.5) is 0 Å². The average Bonchev–Trinajstić information content (AvgIpc) is 2.27. The number of aliphatic hydroxyl groups excluding tert-OH is 1. The van der Waals surface area contributed by atoms with Crippen molar-refractivity contribution in [1.82, 2.24) is 0 Å². The third-order valence-corrected chi connectivity index (χ3v) is 3.23. The Morgan fingerprint density at radius 1 is 1.28 bits per heavy atom. The van der Waals surface area contributed by atoms with E-state index < -0.39 is 18.0 Å². The van der Waals surface area contributed by atoms with Crippen LogP contribution in [-0.4, -0.2) is 16.2 Å². The van der Waals surface area contributed by atoms with Crippen LogP contribution in [0.5, 0.6) is 0 Å². The first-order valence-electron chi connectivity index (χ1n) is 5.82. The number of aliphatic carboxylic acids is 1. The van der Waals surface area contributed by atoms with Gasteiger partial charge >= 0.3 is 5.97 Å². The van der Waals surface area contributed by atoms with Gasteiger partial charge in [0.05, 0.1) is 12.0 Å². The van der Waals surface area contributed by atoms with Crippen molar-refractivity contribution >= 4 is 29.2 Å². The van der Waals surface area contributed by atoms with Crippen LogP contribution in [0, 0.1) is 5.92 Å². The fourth-order valence-electron chi connectivity index (χ4n) is 1.82. The highest BCUT2D eigenvalue weighted by Crippen LogP contribution is 2.30. The van der Waals surface area contributed by atoms with E-state index in [4.69, 9.17) is 28.3 Å². The molecule has 0 aliphatic heterocycles. The predicted molar refractivity (Wildman–Crippen MR) is 72.1 cm³/mol. The van der Waals surface area contributed by atoms with Crippen LogP contribution in [0.1, 0.15) is 37.9 Å². The average molecular weight is 291 g/mol. The first-order valence-corrected chi connectivity index (χ1v) is 6.58. The molecule has 1 rings (SSSR count). The Labute approximate surface area is 116 Å². The normalized spacial score (nSPS) is 14.2. The number of hydrogen-bond acceptors (Lipinski definition) is 2. The molecule has 2 unspecified atom stereocenters. The second-order valence-corrected chi connectivity index (χ2v) is 5.11. The predicted octanol–water partition coefficient (Wildman–Crippen LogP) is 3.92. The monoisotopic (exact) mass is 290 g/mol. The van der Waals surface area contributed by atoms with E-state index in [1.165, 1.54) is 0 Å². The van der Waals surface area contributed by atoms with Gasteiger partial charge in [0.15, 0.2) is 0 Å². The van der Waals surface area contributed by atoms with Crippen molar-refractivity contribution < 1.29 is 15.0 Å². The molecule has 0 aromatic heterocycles. The van der Waals surface area contributed by atoms with Crippen LogP contribution in [0.3, 0.4) is 0 Å². The fourth-order valence-corrected chi connectivity index (χ4v) is 2.36. The maximum absolute atomic E-state index is 11.2. The Morgan fingerprint density at radius 2 is 1.83 bits per heavy atom. The molecular weight excluding hydrogens is 275 g/mol. The molecule has 0 heterocycles. The lowest BCUT2D eigenvalue weighted by Gasteiger charge is -2.19. The molecule has 0 radical (unpaired) electrons. The molecule has 0 fully saturated rings. The molecule has 0 bridgehead atoms. The van der Waals surface area contributed by atoms with Crippen molar-refractivity contribution in [2.45, 2.75) is 32.3 Å². The van der Waals surface area contributed by atoms with Gasteiger partial charge in [0.1, 0.15) is 0 Å². The van der Waals surface area contributed by atoms with Gasteiger partial charge in [-0.25, -0.2) is 0 Å². The molecule has 100 valence electrons. The zero-order valence-electron chi connectivity index (χ0n) is 10.1. The summed E-state index contributed by atoms with van der Waals surface area (Å²) in [6, 6.07) is 4.63. The van der Waals surface area contributed by atoms with Crippen molar-refractivity contribution in [1.29, 1.82) is 0 Å². The quantitative estimate of drug-likeness (QED) is 0.835. The maximum Gasteiger partial charge on any atom is 0.309 e. The molecule has 18 heavy (non-hydrogen) atoms. The van der Waals surface area contributed by atoms with Gasteiger partial charge in [-0.05, 0) is 30.2 Å². The number of unbranched alkanes of at least 4 members (excludes halogenated alkanes) is 1. The van der Waals surface area contributed by atoms with Crippen LogP contribution in [0.2, 0.25) is 10.0 Å². The number of carboxylic acids is 1. The molecule has 3 nitrogen and oxygen atoms in total. The molecule has 0 saturated heterocycles. The zero-order chi connectivity index (χ0) is 13.7. The summed E-state index contributed by atoms with van der Waals surface area (Å²) in [5.74, 6) is -1.84. The number of carboxylic acid groups (broad SMARTS) is 1. The van der Waals surface area contributed by atoms with Crippen molar-refractivity contribution in [3.05, 3.63) is 33.8 Å². The molecule has 1 aromatic carbocycles. The minimum atomic E-state index is -1.09. The van der Waals surface area contributed by atoms with E-state index in [9.17, 15) is 9.90 Å². The van der Waals surface area contributed by atoms with Gasteiger partial charge in [-0.3, -0.25) is 4.79 Å². The molecule has 2 atom stereocenters. The number of halogens is 2. The summed E-state index contributed by atoms with van der Waals surface area (Å²) < 4.78 is 0. The number of aliphatic hydroxyl groups is 1. The number of rotatable bonds is 6. The molecule has 2 N–H and O–H groups in total. The summed E-state index contributed by atoms with van der Waals surface area (Å²) in [6.07, 6.45) is 0.969. The van der Waals surface area contributed by atoms with Crippen LogP contribution in [-0.2, 0) is 4.79 Å². The van der Waals surface area contributed by atoms with Gasteiger partial charge in [0, 0.05) is 10.0 Å². The van der Waals surface area contributed by atoms with Crippen molar-refractivity contribution in [3.8, 4) is 0 Å². The molecule has 0 aliphatic carbocycles. The van der Waals surface area contributed by atoms with Crippen molar-refractivity contribution in [3.63, 3.8) is 0 Å². The molecular formula is C13H16Cl2O3. The van der Waals surface area contributed by atoms with E-state index in [1.54, 1.807) is 18.2 Å². The fraction of sp³-hybridized carbons (Fsp3) is 0.462. The van der Waals surface area contributed by atoms with E-state index in [-0.39, 0.29) is 0 Å². The SMILES string of the molecule is CCCCC(C(=O)O)C(O)c1cc(Cl)cc(Cl)c1. The number of benzene rings is 1. The molecule has 1 aromatic rings. The summed E-state index contributed by atoms with van der Waals surface area (Å²) in [7, 11) is 0. The van der Waals surface area contributed by atoms with E-state index >= 15 is 0 Å². The Kier molecular flexibility index (Phi) is 5.93. The largest absolute Gasteiger partial charge is 0.481 e. The van der Waals surface area contributed by atoms with Crippen molar-refractivity contribution in [2.24, 2.45) is 5.92 Å². The first-order chi connectivity index (χ1) is 8.45. The van der Waals surface area contributed by atoms with Crippen LogP contribution in [0.15, 0.2) is 18.2 Å². The lowest BCUT2D eigenvalue weighted by Crippen LogP contribution is -2.22. The van der Waals surface area contributed by atoms with Gasteiger partial charge in [0.2, 0.25) is 0 Å². The summed E-state index contributed by atoms with van der Waals surface area (Å²) in [6.45, 7) is 1.97. The van der Waals surface area contributed by atoms with E-state index in [0.29, 0.717) is 22.0 Å². The summed E-state index contributed by atoms with van der Waals surface area (Å²) in [4.78, 5) is 11.2. The zero-order valence-corrected chi connectivity index (χ0v) is 11.6. The summed E-state index contributed by atoms with van der Waals surface area (Å²) in [5, 5.41) is 20.0. The van der Waals surface area contributed by atoms with Crippen molar-refractivity contribution in [2.75, 3.05) is 0 Å².